The number of para-hydroxylation sites is 1. The van der Waals surface area contributed by atoms with E-state index in [9.17, 15) is 4.79 Å². The van der Waals surface area contributed by atoms with Crippen molar-refractivity contribution >= 4 is 39.2 Å². The Morgan fingerprint density at radius 2 is 2.05 bits per heavy atom. The van der Waals surface area contributed by atoms with Crippen molar-refractivity contribution in [1.29, 1.82) is 0 Å². The van der Waals surface area contributed by atoms with Crippen molar-refractivity contribution in [3.63, 3.8) is 0 Å². The van der Waals surface area contributed by atoms with Crippen LogP contribution in [0.2, 0.25) is 5.02 Å². The molecular formula is C13H9BrClNO3. The zero-order chi connectivity index (χ0) is 14.0. The molecule has 2 rings (SSSR count). The van der Waals surface area contributed by atoms with Gasteiger partial charge in [-0.2, -0.15) is 0 Å². The molecule has 0 heterocycles. The Morgan fingerprint density at radius 1 is 1.32 bits per heavy atom. The van der Waals surface area contributed by atoms with E-state index in [4.69, 9.17) is 27.2 Å². The Balaban J connectivity index is 2.46. The molecular weight excluding hydrogens is 334 g/mol. The number of ether oxygens (including phenoxy) is 1. The van der Waals surface area contributed by atoms with Crippen LogP contribution in [0, 0.1) is 0 Å². The van der Waals surface area contributed by atoms with Crippen LogP contribution in [0.1, 0.15) is 10.4 Å². The topological polar surface area (TPSA) is 72.6 Å². The average molecular weight is 343 g/mol. The van der Waals surface area contributed by atoms with Crippen LogP contribution in [0.4, 0.5) is 5.69 Å². The van der Waals surface area contributed by atoms with Crippen molar-refractivity contribution in [2.24, 2.45) is 0 Å². The molecule has 0 unspecified atom stereocenters. The van der Waals surface area contributed by atoms with E-state index >= 15 is 0 Å². The number of halogens is 2. The van der Waals surface area contributed by atoms with Gasteiger partial charge >= 0.3 is 5.97 Å². The third-order valence-electron chi connectivity index (χ3n) is 2.38. The SMILES string of the molecule is Nc1cccc(C(=O)O)c1Oc1ccc(Cl)cc1Br. The van der Waals surface area contributed by atoms with Crippen LogP contribution < -0.4 is 10.5 Å². The van der Waals surface area contributed by atoms with Crippen LogP contribution in [0.25, 0.3) is 0 Å². The molecule has 0 aliphatic heterocycles. The van der Waals surface area contributed by atoms with E-state index in [1.54, 1.807) is 30.3 Å². The highest BCUT2D eigenvalue weighted by Gasteiger charge is 2.16. The molecule has 6 heteroatoms. The molecule has 0 amide bonds. The lowest BCUT2D eigenvalue weighted by molar-refractivity contribution is 0.0694. The number of anilines is 1. The Morgan fingerprint density at radius 3 is 2.68 bits per heavy atom. The van der Waals surface area contributed by atoms with Gasteiger partial charge < -0.3 is 15.6 Å². The summed E-state index contributed by atoms with van der Waals surface area (Å²) in [7, 11) is 0. The molecule has 0 saturated heterocycles. The normalized spacial score (nSPS) is 10.2. The van der Waals surface area contributed by atoms with Gasteiger partial charge in [0.05, 0.1) is 10.2 Å². The predicted octanol–water partition coefficient (Wildman–Crippen LogP) is 4.18. The first-order chi connectivity index (χ1) is 8.99. The smallest absolute Gasteiger partial charge is 0.339 e. The number of benzene rings is 2. The molecule has 0 aliphatic carbocycles. The molecule has 0 fully saturated rings. The van der Waals surface area contributed by atoms with Crippen molar-refractivity contribution < 1.29 is 14.6 Å². The fourth-order valence-corrected chi connectivity index (χ4v) is 2.27. The van der Waals surface area contributed by atoms with Gasteiger partial charge in [0.15, 0.2) is 5.75 Å². The lowest BCUT2D eigenvalue weighted by Gasteiger charge is -2.12. The molecule has 0 saturated carbocycles. The second kappa shape index (κ2) is 5.50. The number of carboxylic acids is 1. The maximum Gasteiger partial charge on any atom is 0.339 e. The highest BCUT2D eigenvalue weighted by molar-refractivity contribution is 9.10. The van der Waals surface area contributed by atoms with Crippen molar-refractivity contribution in [1.82, 2.24) is 0 Å². The van der Waals surface area contributed by atoms with E-state index in [1.165, 1.54) is 6.07 Å². The molecule has 0 bridgehead atoms. The monoisotopic (exact) mass is 341 g/mol. The van der Waals surface area contributed by atoms with E-state index in [2.05, 4.69) is 15.9 Å². The molecule has 2 aromatic rings. The Bertz CT molecular complexity index is 646. The van der Waals surface area contributed by atoms with Crippen LogP contribution in [0.15, 0.2) is 40.9 Å². The third kappa shape index (κ3) is 3.00. The molecule has 0 aliphatic rings. The number of nitrogens with two attached hydrogens (primary N) is 1. The molecule has 2 aromatic carbocycles. The fourth-order valence-electron chi connectivity index (χ4n) is 1.51. The van der Waals surface area contributed by atoms with Crippen LogP contribution in [0.3, 0.4) is 0 Å². The van der Waals surface area contributed by atoms with Crippen LogP contribution in [0.5, 0.6) is 11.5 Å². The third-order valence-corrected chi connectivity index (χ3v) is 3.24. The van der Waals surface area contributed by atoms with Crippen LogP contribution in [-0.2, 0) is 0 Å². The summed E-state index contributed by atoms with van der Waals surface area (Å²) in [5.74, 6) is -0.560. The van der Waals surface area contributed by atoms with E-state index in [1.807, 2.05) is 0 Å². The van der Waals surface area contributed by atoms with Gasteiger partial charge in [-0.1, -0.05) is 17.7 Å². The largest absolute Gasteiger partial charge is 0.478 e. The predicted molar refractivity (Wildman–Crippen MR) is 77.0 cm³/mol. The quantitative estimate of drug-likeness (QED) is 0.821. The van der Waals surface area contributed by atoms with Crippen molar-refractivity contribution in [3.05, 3.63) is 51.5 Å². The standard InChI is InChI=1S/C13H9BrClNO3/c14-9-6-7(15)4-5-11(9)19-12-8(13(17)18)2-1-3-10(12)16/h1-6H,16H2,(H,17,18). The van der Waals surface area contributed by atoms with Gasteiger partial charge in [-0.3, -0.25) is 0 Å². The average Bonchev–Trinajstić information content (AvgIpc) is 2.34. The van der Waals surface area contributed by atoms with E-state index in [0.717, 1.165) is 0 Å². The number of nitrogen functional groups attached to an aromatic ring is 1. The molecule has 3 N–H and O–H groups in total. The molecule has 19 heavy (non-hydrogen) atoms. The molecule has 0 aromatic heterocycles. The minimum Gasteiger partial charge on any atom is -0.478 e. The van der Waals surface area contributed by atoms with Gasteiger partial charge in [-0.25, -0.2) is 4.79 Å². The van der Waals surface area contributed by atoms with Crippen LogP contribution in [-0.4, -0.2) is 11.1 Å². The number of carboxylic acid groups (broad SMARTS) is 1. The van der Waals surface area contributed by atoms with Crippen LogP contribution >= 0.6 is 27.5 Å². The van der Waals surface area contributed by atoms with Gasteiger partial charge in [0, 0.05) is 5.02 Å². The lowest BCUT2D eigenvalue weighted by Crippen LogP contribution is -2.03. The summed E-state index contributed by atoms with van der Waals surface area (Å²) in [6.07, 6.45) is 0. The van der Waals surface area contributed by atoms with Gasteiger partial charge in [0.25, 0.3) is 0 Å². The molecule has 98 valence electrons. The summed E-state index contributed by atoms with van der Waals surface area (Å²) >= 11 is 9.12. The summed E-state index contributed by atoms with van der Waals surface area (Å²) in [5, 5.41) is 9.65. The fraction of sp³-hybridized carbons (Fsp3) is 0. The number of rotatable bonds is 3. The minimum atomic E-state index is -1.10. The van der Waals surface area contributed by atoms with E-state index < -0.39 is 5.97 Å². The summed E-state index contributed by atoms with van der Waals surface area (Å²) < 4.78 is 6.19. The second-order valence-corrected chi connectivity index (χ2v) is 5.00. The van der Waals surface area contributed by atoms with Gasteiger partial charge in [-0.15, -0.1) is 0 Å². The first-order valence-corrected chi connectivity index (χ1v) is 6.41. The number of hydrogen-bond donors (Lipinski definition) is 2. The second-order valence-electron chi connectivity index (χ2n) is 3.71. The maximum absolute atomic E-state index is 11.1. The van der Waals surface area contributed by atoms with Gasteiger partial charge in [0.1, 0.15) is 11.3 Å². The Kier molecular flexibility index (Phi) is 3.97. The molecule has 0 spiro atoms. The first-order valence-electron chi connectivity index (χ1n) is 5.23. The number of hydrogen-bond acceptors (Lipinski definition) is 3. The molecule has 0 radical (unpaired) electrons. The Labute approximate surface area is 122 Å². The zero-order valence-corrected chi connectivity index (χ0v) is 11.9. The summed E-state index contributed by atoms with van der Waals surface area (Å²) in [4.78, 5) is 11.1. The van der Waals surface area contributed by atoms with Gasteiger partial charge in [-0.05, 0) is 46.3 Å². The lowest BCUT2D eigenvalue weighted by atomic mass is 10.1. The van der Waals surface area contributed by atoms with E-state index in [0.29, 0.717) is 15.2 Å². The number of aromatic carboxylic acids is 1. The first kappa shape index (κ1) is 13.7. The van der Waals surface area contributed by atoms with Crippen molar-refractivity contribution in [2.45, 2.75) is 0 Å². The van der Waals surface area contributed by atoms with Gasteiger partial charge in [0.2, 0.25) is 0 Å². The molecule has 0 atom stereocenters. The summed E-state index contributed by atoms with van der Waals surface area (Å²) in [6.45, 7) is 0. The summed E-state index contributed by atoms with van der Waals surface area (Å²) in [5.41, 5.74) is 6.01. The van der Waals surface area contributed by atoms with Crippen molar-refractivity contribution in [3.8, 4) is 11.5 Å². The zero-order valence-electron chi connectivity index (χ0n) is 9.56. The highest BCUT2D eigenvalue weighted by atomic mass is 79.9. The highest BCUT2D eigenvalue weighted by Crippen LogP contribution is 2.36. The minimum absolute atomic E-state index is 0.00171. The van der Waals surface area contributed by atoms with E-state index in [-0.39, 0.29) is 17.0 Å². The van der Waals surface area contributed by atoms with Crippen molar-refractivity contribution in [2.75, 3.05) is 5.73 Å². The number of carbonyl (C=O) groups is 1. The molecule has 4 nitrogen and oxygen atoms in total. The summed E-state index contributed by atoms with van der Waals surface area (Å²) in [6, 6.07) is 9.48. The Hall–Kier alpha value is -1.72. The maximum atomic E-state index is 11.1.